The molecule has 0 saturated heterocycles. The van der Waals surface area contributed by atoms with E-state index in [2.05, 4.69) is 10.3 Å². The topological polar surface area (TPSA) is 57.4 Å². The smallest absolute Gasteiger partial charge is 0.259 e. The predicted octanol–water partition coefficient (Wildman–Crippen LogP) is 1.28. The first-order chi connectivity index (χ1) is 9.65. The Kier molecular flexibility index (Phi) is 3.36. The average Bonchev–Trinajstić information content (AvgIpc) is 2.82. The van der Waals surface area contributed by atoms with Crippen molar-refractivity contribution in [3.05, 3.63) is 29.5 Å². The van der Waals surface area contributed by atoms with Crippen LogP contribution in [0.15, 0.2) is 18.2 Å². The zero-order chi connectivity index (χ0) is 14.1. The molecular weight excluding hydrogens is 254 g/mol. The highest BCUT2D eigenvalue weighted by Gasteiger charge is 2.15. The third kappa shape index (κ3) is 2.36. The van der Waals surface area contributed by atoms with Gasteiger partial charge in [0.25, 0.3) is 5.91 Å². The number of benzene rings is 1. The summed E-state index contributed by atoms with van der Waals surface area (Å²) < 4.78 is 5.58. The number of carbonyl (C=O) groups excluding carboxylic acids is 1. The van der Waals surface area contributed by atoms with Gasteiger partial charge in [0.1, 0.15) is 5.75 Å². The SMILES string of the molecule is CN(C)C(=O)COc1ccc2[nH]c3c(c2c1)CCNC3. The van der Waals surface area contributed by atoms with Crippen LogP contribution < -0.4 is 10.1 Å². The molecule has 0 unspecified atom stereocenters. The third-order valence-electron chi connectivity index (χ3n) is 3.68. The Bertz CT molecular complexity index is 646. The van der Waals surface area contributed by atoms with Crippen molar-refractivity contribution in [1.82, 2.24) is 15.2 Å². The van der Waals surface area contributed by atoms with Crippen molar-refractivity contribution in [3.63, 3.8) is 0 Å². The predicted molar refractivity (Wildman–Crippen MR) is 77.9 cm³/mol. The maximum Gasteiger partial charge on any atom is 0.259 e. The minimum atomic E-state index is -0.0367. The van der Waals surface area contributed by atoms with Crippen molar-refractivity contribution in [3.8, 4) is 5.75 Å². The Morgan fingerprint density at radius 2 is 2.25 bits per heavy atom. The molecular formula is C15H19N3O2. The molecule has 5 nitrogen and oxygen atoms in total. The molecule has 0 atom stereocenters. The van der Waals surface area contributed by atoms with Crippen LogP contribution >= 0.6 is 0 Å². The number of likely N-dealkylation sites (N-methyl/N-ethyl adjacent to an activating group) is 1. The average molecular weight is 273 g/mol. The largest absolute Gasteiger partial charge is 0.484 e. The number of ether oxygens (including phenoxy) is 1. The third-order valence-corrected chi connectivity index (χ3v) is 3.68. The second-order valence-electron chi connectivity index (χ2n) is 5.29. The molecule has 0 spiro atoms. The lowest BCUT2D eigenvalue weighted by atomic mass is 10.0. The van der Waals surface area contributed by atoms with Gasteiger partial charge in [0.15, 0.2) is 6.61 Å². The molecule has 0 fully saturated rings. The van der Waals surface area contributed by atoms with Crippen molar-refractivity contribution < 1.29 is 9.53 Å². The van der Waals surface area contributed by atoms with E-state index in [1.807, 2.05) is 18.2 Å². The highest BCUT2D eigenvalue weighted by Crippen LogP contribution is 2.28. The fourth-order valence-corrected chi connectivity index (χ4v) is 2.51. The summed E-state index contributed by atoms with van der Waals surface area (Å²) in [6.07, 6.45) is 1.02. The van der Waals surface area contributed by atoms with Crippen LogP contribution in [0.2, 0.25) is 0 Å². The van der Waals surface area contributed by atoms with Crippen LogP contribution in [-0.4, -0.2) is 43.0 Å². The first-order valence-electron chi connectivity index (χ1n) is 6.82. The number of aromatic nitrogens is 1. The van der Waals surface area contributed by atoms with E-state index in [1.54, 1.807) is 14.1 Å². The minimum Gasteiger partial charge on any atom is -0.484 e. The molecule has 0 radical (unpaired) electrons. The molecule has 1 amide bonds. The molecule has 1 aromatic carbocycles. The molecule has 2 aromatic rings. The molecule has 0 aliphatic carbocycles. The molecule has 5 heteroatoms. The Morgan fingerprint density at radius 1 is 1.40 bits per heavy atom. The second-order valence-corrected chi connectivity index (χ2v) is 5.29. The highest BCUT2D eigenvalue weighted by atomic mass is 16.5. The molecule has 0 saturated carbocycles. The number of H-pyrrole nitrogens is 1. The van der Waals surface area contributed by atoms with Gasteiger partial charge in [-0.1, -0.05) is 0 Å². The zero-order valence-corrected chi connectivity index (χ0v) is 11.8. The van der Waals surface area contributed by atoms with Gasteiger partial charge < -0.3 is 19.9 Å². The molecule has 2 heterocycles. The maximum absolute atomic E-state index is 11.5. The number of fused-ring (bicyclic) bond motifs is 3. The first kappa shape index (κ1) is 13.0. The summed E-state index contributed by atoms with van der Waals surface area (Å²) in [5, 5.41) is 4.56. The van der Waals surface area contributed by atoms with E-state index >= 15 is 0 Å². The van der Waals surface area contributed by atoms with Gasteiger partial charge in [-0.05, 0) is 36.7 Å². The molecule has 1 aliphatic heterocycles. The van der Waals surface area contributed by atoms with Crippen molar-refractivity contribution in [2.45, 2.75) is 13.0 Å². The molecule has 0 bridgehead atoms. The number of aromatic amines is 1. The minimum absolute atomic E-state index is 0.0367. The zero-order valence-electron chi connectivity index (χ0n) is 11.8. The summed E-state index contributed by atoms with van der Waals surface area (Å²) in [5.41, 5.74) is 3.75. The quantitative estimate of drug-likeness (QED) is 0.885. The van der Waals surface area contributed by atoms with Crippen LogP contribution in [0.3, 0.4) is 0 Å². The summed E-state index contributed by atoms with van der Waals surface area (Å²) in [6.45, 7) is 1.97. The normalized spacial score (nSPS) is 14.1. The van der Waals surface area contributed by atoms with Gasteiger partial charge in [-0.3, -0.25) is 4.79 Å². The Labute approximate surface area is 117 Å². The molecule has 1 aliphatic rings. The molecule has 1 aromatic heterocycles. The number of carbonyl (C=O) groups is 1. The Hall–Kier alpha value is -2.01. The standard InChI is InChI=1S/C15H19N3O2/c1-18(2)15(19)9-20-10-3-4-13-12(7-10)11-5-6-16-8-14(11)17-13/h3-4,7,16-17H,5-6,8-9H2,1-2H3. The number of nitrogens with zero attached hydrogens (tertiary/aromatic N) is 1. The summed E-state index contributed by atoms with van der Waals surface area (Å²) in [6, 6.07) is 5.95. The van der Waals surface area contributed by atoms with Crippen LogP contribution in [0.4, 0.5) is 0 Å². The number of hydrogen-bond donors (Lipinski definition) is 2. The van der Waals surface area contributed by atoms with Crippen LogP contribution in [0.5, 0.6) is 5.75 Å². The monoisotopic (exact) mass is 273 g/mol. The number of amides is 1. The molecule has 2 N–H and O–H groups in total. The van der Waals surface area contributed by atoms with E-state index in [-0.39, 0.29) is 12.5 Å². The van der Waals surface area contributed by atoms with Crippen molar-refractivity contribution >= 4 is 16.8 Å². The van der Waals surface area contributed by atoms with Crippen LogP contribution in [0.25, 0.3) is 10.9 Å². The summed E-state index contributed by atoms with van der Waals surface area (Å²) in [4.78, 5) is 16.5. The van der Waals surface area contributed by atoms with Crippen molar-refractivity contribution in [2.75, 3.05) is 27.2 Å². The Morgan fingerprint density at radius 3 is 3.05 bits per heavy atom. The van der Waals surface area contributed by atoms with E-state index in [0.29, 0.717) is 0 Å². The van der Waals surface area contributed by atoms with Crippen LogP contribution in [0, 0.1) is 0 Å². The van der Waals surface area contributed by atoms with Gasteiger partial charge in [0.05, 0.1) is 0 Å². The maximum atomic E-state index is 11.5. The van der Waals surface area contributed by atoms with Gasteiger partial charge in [0.2, 0.25) is 0 Å². The van der Waals surface area contributed by atoms with Crippen molar-refractivity contribution in [1.29, 1.82) is 0 Å². The summed E-state index contributed by atoms with van der Waals surface area (Å²) in [7, 11) is 3.45. The van der Waals surface area contributed by atoms with E-state index in [9.17, 15) is 4.79 Å². The summed E-state index contributed by atoms with van der Waals surface area (Å²) >= 11 is 0. The van der Waals surface area contributed by atoms with E-state index in [0.717, 1.165) is 30.8 Å². The van der Waals surface area contributed by atoms with E-state index in [4.69, 9.17) is 4.74 Å². The number of hydrogen-bond acceptors (Lipinski definition) is 3. The van der Waals surface area contributed by atoms with Crippen molar-refractivity contribution in [2.24, 2.45) is 0 Å². The van der Waals surface area contributed by atoms with Gasteiger partial charge in [-0.25, -0.2) is 0 Å². The lowest BCUT2D eigenvalue weighted by Gasteiger charge is -2.13. The number of rotatable bonds is 3. The van der Waals surface area contributed by atoms with E-state index in [1.165, 1.54) is 21.5 Å². The van der Waals surface area contributed by atoms with Gasteiger partial charge in [-0.2, -0.15) is 0 Å². The fourth-order valence-electron chi connectivity index (χ4n) is 2.51. The lowest BCUT2D eigenvalue weighted by molar-refractivity contribution is -0.130. The molecule has 20 heavy (non-hydrogen) atoms. The Balaban J connectivity index is 1.84. The first-order valence-corrected chi connectivity index (χ1v) is 6.82. The van der Waals surface area contributed by atoms with E-state index < -0.39 is 0 Å². The van der Waals surface area contributed by atoms with Crippen LogP contribution in [0.1, 0.15) is 11.3 Å². The number of nitrogens with one attached hydrogen (secondary N) is 2. The summed E-state index contributed by atoms with van der Waals surface area (Å²) in [5.74, 6) is 0.707. The fraction of sp³-hybridized carbons (Fsp3) is 0.400. The van der Waals surface area contributed by atoms with Gasteiger partial charge in [0, 0.05) is 37.2 Å². The van der Waals surface area contributed by atoms with Gasteiger partial charge >= 0.3 is 0 Å². The molecule has 3 rings (SSSR count). The lowest BCUT2D eigenvalue weighted by Crippen LogP contribution is -2.27. The molecule has 106 valence electrons. The van der Waals surface area contributed by atoms with Gasteiger partial charge in [-0.15, -0.1) is 0 Å². The van der Waals surface area contributed by atoms with Crippen LogP contribution in [-0.2, 0) is 17.8 Å². The highest BCUT2D eigenvalue weighted by molar-refractivity contribution is 5.86. The second kappa shape index (κ2) is 5.17.